The third-order valence-corrected chi connectivity index (χ3v) is 3.51. The van der Waals surface area contributed by atoms with E-state index >= 15 is 0 Å². The molecule has 1 aromatic heterocycles. The number of hydrogen-bond donors (Lipinski definition) is 2. The highest BCUT2D eigenvalue weighted by Gasteiger charge is 2.11. The van der Waals surface area contributed by atoms with Gasteiger partial charge in [-0.15, -0.1) is 0 Å². The average molecular weight is 325 g/mol. The van der Waals surface area contributed by atoms with Crippen molar-refractivity contribution in [2.45, 2.75) is 13.8 Å². The molecule has 0 atom stereocenters. The molecule has 3 aromatic rings. The van der Waals surface area contributed by atoms with Crippen LogP contribution >= 0.6 is 12.2 Å². The Bertz CT molecular complexity index is 884. The molecule has 0 radical (unpaired) electrons. The van der Waals surface area contributed by atoms with Gasteiger partial charge >= 0.3 is 6.01 Å². The van der Waals surface area contributed by atoms with Crippen LogP contribution in [0.3, 0.4) is 0 Å². The first-order valence-corrected chi connectivity index (χ1v) is 7.48. The Labute approximate surface area is 138 Å². The summed E-state index contributed by atoms with van der Waals surface area (Å²) >= 11 is 5.13. The van der Waals surface area contributed by atoms with Crippen LogP contribution in [0.15, 0.2) is 46.9 Å². The maximum Gasteiger partial charge on any atom is 0.302 e. The summed E-state index contributed by atoms with van der Waals surface area (Å²) < 4.78 is 5.54. The standard InChI is InChI=1S/C17H15N3O2S/c1-10-3-6-12(7-4-10)15(21)19-17(23)20-16-18-13-9-11(2)5-8-14(13)22-16/h3-9H,1-2H3,(H2,18,19,20,21,23). The molecule has 1 amide bonds. The van der Waals surface area contributed by atoms with Crippen LogP contribution in [0.5, 0.6) is 0 Å². The SMILES string of the molecule is Cc1ccc(C(=O)NC(=S)Nc2nc3cc(C)ccc3o2)cc1. The van der Waals surface area contributed by atoms with Crippen molar-refractivity contribution in [2.24, 2.45) is 0 Å². The van der Waals surface area contributed by atoms with Crippen LogP contribution in [0.25, 0.3) is 11.1 Å². The summed E-state index contributed by atoms with van der Waals surface area (Å²) in [4.78, 5) is 16.4. The van der Waals surface area contributed by atoms with Crippen LogP contribution in [0.4, 0.5) is 6.01 Å². The molecule has 2 aromatic carbocycles. The maximum atomic E-state index is 12.1. The van der Waals surface area contributed by atoms with E-state index in [1.165, 1.54) is 0 Å². The largest absolute Gasteiger partial charge is 0.423 e. The van der Waals surface area contributed by atoms with Crippen molar-refractivity contribution in [3.05, 3.63) is 59.2 Å². The number of aryl methyl sites for hydroxylation is 2. The molecular weight excluding hydrogens is 310 g/mol. The molecule has 6 heteroatoms. The van der Waals surface area contributed by atoms with E-state index in [2.05, 4.69) is 15.6 Å². The lowest BCUT2D eigenvalue weighted by molar-refractivity contribution is 0.0977. The Morgan fingerprint density at radius 1 is 1.09 bits per heavy atom. The monoisotopic (exact) mass is 325 g/mol. The van der Waals surface area contributed by atoms with Crippen molar-refractivity contribution >= 4 is 40.4 Å². The normalized spacial score (nSPS) is 10.5. The van der Waals surface area contributed by atoms with Crippen molar-refractivity contribution in [2.75, 3.05) is 5.32 Å². The Hall–Kier alpha value is -2.73. The molecule has 0 bridgehead atoms. The maximum absolute atomic E-state index is 12.1. The molecule has 0 aliphatic heterocycles. The van der Waals surface area contributed by atoms with Crippen molar-refractivity contribution in [1.29, 1.82) is 0 Å². The summed E-state index contributed by atoms with van der Waals surface area (Å²) in [5.41, 5.74) is 4.11. The van der Waals surface area contributed by atoms with E-state index in [1.54, 1.807) is 12.1 Å². The number of thiocarbonyl (C=S) groups is 1. The smallest absolute Gasteiger partial charge is 0.302 e. The zero-order valence-corrected chi connectivity index (χ0v) is 13.5. The molecule has 1 heterocycles. The van der Waals surface area contributed by atoms with Gasteiger partial charge in [0.2, 0.25) is 0 Å². The van der Waals surface area contributed by atoms with E-state index in [0.717, 1.165) is 16.6 Å². The fourth-order valence-corrected chi connectivity index (χ4v) is 2.28. The number of nitrogens with one attached hydrogen (secondary N) is 2. The number of anilines is 1. The first kappa shape index (κ1) is 15.2. The highest BCUT2D eigenvalue weighted by atomic mass is 32.1. The van der Waals surface area contributed by atoms with Crippen molar-refractivity contribution in [3.63, 3.8) is 0 Å². The van der Waals surface area contributed by atoms with Gasteiger partial charge in [-0.05, 0) is 55.9 Å². The lowest BCUT2D eigenvalue weighted by Gasteiger charge is -2.06. The van der Waals surface area contributed by atoms with Crippen LogP contribution in [-0.4, -0.2) is 16.0 Å². The van der Waals surface area contributed by atoms with E-state index in [9.17, 15) is 4.79 Å². The number of carbonyl (C=O) groups excluding carboxylic acids is 1. The van der Waals surface area contributed by atoms with E-state index < -0.39 is 0 Å². The Morgan fingerprint density at radius 3 is 2.52 bits per heavy atom. The molecule has 116 valence electrons. The number of benzene rings is 2. The molecule has 0 spiro atoms. The molecule has 0 unspecified atom stereocenters. The average Bonchev–Trinajstić information content (AvgIpc) is 2.88. The van der Waals surface area contributed by atoms with Gasteiger partial charge in [0.25, 0.3) is 5.91 Å². The van der Waals surface area contributed by atoms with Gasteiger partial charge in [-0.1, -0.05) is 23.8 Å². The fourth-order valence-electron chi connectivity index (χ4n) is 2.10. The lowest BCUT2D eigenvalue weighted by atomic mass is 10.1. The topological polar surface area (TPSA) is 67.2 Å². The molecule has 0 aliphatic rings. The molecule has 0 saturated heterocycles. The summed E-state index contributed by atoms with van der Waals surface area (Å²) in [7, 11) is 0. The van der Waals surface area contributed by atoms with Crippen molar-refractivity contribution in [1.82, 2.24) is 10.3 Å². The lowest BCUT2D eigenvalue weighted by Crippen LogP contribution is -2.34. The van der Waals surface area contributed by atoms with Gasteiger partial charge in [-0.25, -0.2) is 0 Å². The molecule has 2 N–H and O–H groups in total. The minimum Gasteiger partial charge on any atom is -0.423 e. The van der Waals surface area contributed by atoms with E-state index in [4.69, 9.17) is 16.6 Å². The van der Waals surface area contributed by atoms with Crippen LogP contribution in [0.1, 0.15) is 21.5 Å². The van der Waals surface area contributed by atoms with Crippen molar-refractivity contribution < 1.29 is 9.21 Å². The number of oxazole rings is 1. The minimum absolute atomic E-state index is 0.138. The fraction of sp³-hybridized carbons (Fsp3) is 0.118. The van der Waals surface area contributed by atoms with Crippen LogP contribution in [-0.2, 0) is 0 Å². The molecular formula is C17H15N3O2S. The minimum atomic E-state index is -0.283. The van der Waals surface area contributed by atoms with Crippen LogP contribution < -0.4 is 10.6 Å². The van der Waals surface area contributed by atoms with Gasteiger partial charge in [-0.3, -0.25) is 15.4 Å². The van der Waals surface area contributed by atoms with Crippen LogP contribution in [0.2, 0.25) is 0 Å². The number of fused-ring (bicyclic) bond motifs is 1. The van der Waals surface area contributed by atoms with Gasteiger partial charge in [0, 0.05) is 5.56 Å². The highest BCUT2D eigenvalue weighted by molar-refractivity contribution is 7.80. The number of hydrogen-bond acceptors (Lipinski definition) is 4. The second kappa shape index (κ2) is 6.18. The molecule has 3 rings (SSSR count). The summed E-state index contributed by atoms with van der Waals surface area (Å²) in [5.74, 6) is -0.283. The van der Waals surface area contributed by atoms with Gasteiger partial charge in [0.15, 0.2) is 10.7 Å². The van der Waals surface area contributed by atoms with E-state index in [-0.39, 0.29) is 17.0 Å². The second-order valence-electron chi connectivity index (χ2n) is 5.26. The summed E-state index contributed by atoms with van der Waals surface area (Å²) in [6.45, 7) is 3.94. The first-order chi connectivity index (χ1) is 11.0. The Kier molecular flexibility index (Phi) is 4.08. The quantitative estimate of drug-likeness (QED) is 0.705. The predicted molar refractivity (Wildman–Crippen MR) is 93.6 cm³/mol. The first-order valence-electron chi connectivity index (χ1n) is 7.07. The van der Waals surface area contributed by atoms with Gasteiger partial charge in [0.1, 0.15) is 5.52 Å². The summed E-state index contributed by atoms with van der Waals surface area (Å²) in [5, 5.41) is 5.52. The third kappa shape index (κ3) is 3.54. The number of carbonyl (C=O) groups is 1. The van der Waals surface area contributed by atoms with Crippen LogP contribution in [0, 0.1) is 13.8 Å². The van der Waals surface area contributed by atoms with Gasteiger partial charge < -0.3 is 4.42 Å². The molecule has 0 saturated carbocycles. The summed E-state index contributed by atoms with van der Waals surface area (Å²) in [6.07, 6.45) is 0. The van der Waals surface area contributed by atoms with E-state index in [0.29, 0.717) is 11.1 Å². The number of amides is 1. The molecule has 23 heavy (non-hydrogen) atoms. The predicted octanol–water partition coefficient (Wildman–Crippen LogP) is 3.57. The zero-order valence-electron chi connectivity index (χ0n) is 12.7. The Balaban J connectivity index is 1.68. The van der Waals surface area contributed by atoms with Gasteiger partial charge in [0.05, 0.1) is 0 Å². The van der Waals surface area contributed by atoms with Crippen molar-refractivity contribution in [3.8, 4) is 0 Å². The van der Waals surface area contributed by atoms with E-state index in [1.807, 2.05) is 44.2 Å². The number of aromatic nitrogens is 1. The second-order valence-corrected chi connectivity index (χ2v) is 5.67. The molecule has 0 aliphatic carbocycles. The van der Waals surface area contributed by atoms with Gasteiger partial charge in [-0.2, -0.15) is 4.98 Å². The Morgan fingerprint density at radius 2 is 1.78 bits per heavy atom. The highest BCUT2D eigenvalue weighted by Crippen LogP contribution is 2.19. The zero-order chi connectivity index (χ0) is 16.4. The molecule has 0 fully saturated rings. The number of rotatable bonds is 2. The third-order valence-electron chi connectivity index (χ3n) is 3.30. The number of nitrogens with zero attached hydrogens (tertiary/aromatic N) is 1. The molecule has 5 nitrogen and oxygen atoms in total. The summed E-state index contributed by atoms with van der Waals surface area (Å²) in [6, 6.07) is 13.2.